The van der Waals surface area contributed by atoms with Crippen molar-refractivity contribution in [2.24, 2.45) is 0 Å². The van der Waals surface area contributed by atoms with Gasteiger partial charge in [-0.2, -0.15) is 0 Å². The second-order valence-electron chi connectivity index (χ2n) is 3.54. The van der Waals surface area contributed by atoms with Crippen LogP contribution >= 0.6 is 23.2 Å². The Morgan fingerprint density at radius 2 is 1.62 bits per heavy atom. The molecule has 0 aliphatic rings. The summed E-state index contributed by atoms with van der Waals surface area (Å²) in [6.45, 7) is 0. The summed E-state index contributed by atoms with van der Waals surface area (Å²) in [5, 5.41) is 1.25. The molecule has 0 heterocycles. The van der Waals surface area contributed by atoms with E-state index in [4.69, 9.17) is 23.2 Å². The lowest BCUT2D eigenvalue weighted by Gasteiger charge is -2.03. The first-order valence-electron chi connectivity index (χ1n) is 4.83. The molecule has 0 atom stereocenters. The molecule has 0 unspecified atom stereocenters. The van der Waals surface area contributed by atoms with E-state index in [1.165, 1.54) is 12.1 Å². The smallest absolute Gasteiger partial charge is 0.194 e. The van der Waals surface area contributed by atoms with E-state index in [0.29, 0.717) is 17.3 Å². The molecule has 2 rings (SSSR count). The topological polar surface area (TPSA) is 0 Å². The van der Waals surface area contributed by atoms with Crippen molar-refractivity contribution in [1.82, 2.24) is 0 Å². The summed E-state index contributed by atoms with van der Waals surface area (Å²) in [5.41, 5.74) is 2.00. The van der Waals surface area contributed by atoms with Crippen LogP contribution in [0.1, 0.15) is 0 Å². The first kappa shape index (κ1) is 11.5. The summed E-state index contributed by atoms with van der Waals surface area (Å²) < 4.78 is 12.7. The van der Waals surface area contributed by atoms with Crippen LogP contribution in [0.15, 0.2) is 42.5 Å². The van der Waals surface area contributed by atoms with Gasteiger partial charge in [0.25, 0.3) is 0 Å². The zero-order valence-electron chi connectivity index (χ0n) is 8.38. The molecule has 16 heavy (non-hydrogen) atoms. The van der Waals surface area contributed by atoms with Crippen LogP contribution in [0.2, 0.25) is 10.0 Å². The lowest BCUT2D eigenvalue weighted by atomic mass is 9.64. The van der Waals surface area contributed by atoms with Crippen LogP contribution in [0.5, 0.6) is 0 Å². The van der Waals surface area contributed by atoms with E-state index in [0.717, 1.165) is 10.9 Å². The third-order valence-corrected chi connectivity index (χ3v) is 2.91. The maximum Gasteiger partial charge on any atom is 0.194 e. The van der Waals surface area contributed by atoms with E-state index in [9.17, 15) is 4.39 Å². The van der Waals surface area contributed by atoms with E-state index in [-0.39, 0.29) is 5.82 Å². The van der Waals surface area contributed by atoms with Gasteiger partial charge in [-0.25, -0.2) is 4.39 Å². The van der Waals surface area contributed by atoms with Gasteiger partial charge in [-0.1, -0.05) is 52.3 Å². The Morgan fingerprint density at radius 3 is 2.25 bits per heavy atom. The monoisotopic (exact) mass is 252 g/mol. The third kappa shape index (κ3) is 2.78. The highest BCUT2D eigenvalue weighted by molar-refractivity contribution is 6.70. The number of halogens is 3. The molecule has 0 radical (unpaired) electrons. The Balaban J connectivity index is 2.23. The van der Waals surface area contributed by atoms with Gasteiger partial charge >= 0.3 is 0 Å². The van der Waals surface area contributed by atoms with Crippen LogP contribution in [0.3, 0.4) is 0 Å². The van der Waals surface area contributed by atoms with E-state index >= 15 is 0 Å². The van der Waals surface area contributed by atoms with Gasteiger partial charge in [-0.15, -0.1) is 0 Å². The molecule has 0 saturated carbocycles. The van der Waals surface area contributed by atoms with Crippen LogP contribution < -0.4 is 10.9 Å². The SMILES string of the molecule is Fc1ccc(Bc2ccc(Cl)cc2Cl)cc1. The lowest BCUT2D eigenvalue weighted by molar-refractivity contribution is 0.628. The van der Waals surface area contributed by atoms with Gasteiger partial charge in [0, 0.05) is 10.0 Å². The Kier molecular flexibility index (Phi) is 3.52. The zero-order chi connectivity index (χ0) is 11.5. The molecule has 2 aromatic carbocycles. The van der Waals surface area contributed by atoms with Gasteiger partial charge in [0.1, 0.15) is 5.82 Å². The number of rotatable bonds is 2. The molecule has 2 aromatic rings. The highest BCUT2D eigenvalue weighted by Gasteiger charge is 2.04. The fourth-order valence-electron chi connectivity index (χ4n) is 1.49. The average molecular weight is 253 g/mol. The normalized spacial score (nSPS) is 10.2. The van der Waals surface area contributed by atoms with Gasteiger partial charge in [-0.3, -0.25) is 0 Å². The predicted octanol–water partition coefficient (Wildman–Crippen LogP) is 2.52. The second kappa shape index (κ2) is 4.90. The minimum absolute atomic E-state index is 0.231. The molecule has 80 valence electrons. The van der Waals surface area contributed by atoms with Crippen LogP contribution in [-0.4, -0.2) is 7.28 Å². The van der Waals surface area contributed by atoms with Crippen LogP contribution in [0.25, 0.3) is 0 Å². The van der Waals surface area contributed by atoms with Crippen molar-refractivity contribution in [3.8, 4) is 0 Å². The average Bonchev–Trinajstić information content (AvgIpc) is 2.25. The maximum atomic E-state index is 12.7. The van der Waals surface area contributed by atoms with Crippen molar-refractivity contribution >= 4 is 41.4 Å². The molecule has 0 spiro atoms. The van der Waals surface area contributed by atoms with Crippen molar-refractivity contribution in [2.45, 2.75) is 0 Å². The Morgan fingerprint density at radius 1 is 0.938 bits per heavy atom. The molecule has 0 saturated heterocycles. The fourth-order valence-corrected chi connectivity index (χ4v) is 1.96. The number of hydrogen-bond acceptors (Lipinski definition) is 0. The van der Waals surface area contributed by atoms with Crippen molar-refractivity contribution in [1.29, 1.82) is 0 Å². The van der Waals surface area contributed by atoms with E-state index in [2.05, 4.69) is 0 Å². The Bertz CT molecular complexity index is 497. The molecule has 0 nitrogen and oxygen atoms in total. The Labute approximate surface area is 104 Å². The van der Waals surface area contributed by atoms with E-state index in [1.807, 2.05) is 6.07 Å². The standard InChI is InChI=1S/C12H8BCl2F/c14-9-3-6-11(12(15)7-9)13-8-1-4-10(16)5-2-8/h1-7,13H. The van der Waals surface area contributed by atoms with Gasteiger partial charge in [-0.05, 0) is 24.3 Å². The van der Waals surface area contributed by atoms with E-state index < -0.39 is 0 Å². The van der Waals surface area contributed by atoms with Crippen molar-refractivity contribution in [3.05, 3.63) is 58.3 Å². The summed E-state index contributed by atoms with van der Waals surface area (Å²) in [7, 11) is 0.677. The summed E-state index contributed by atoms with van der Waals surface area (Å²) in [5.74, 6) is -0.231. The molecular formula is C12H8BCl2F. The number of hydrogen-bond donors (Lipinski definition) is 0. The maximum absolute atomic E-state index is 12.7. The van der Waals surface area contributed by atoms with Crippen LogP contribution in [0, 0.1) is 5.82 Å². The van der Waals surface area contributed by atoms with Gasteiger partial charge in [0.15, 0.2) is 7.28 Å². The van der Waals surface area contributed by atoms with E-state index in [1.54, 1.807) is 24.3 Å². The molecule has 0 bridgehead atoms. The minimum atomic E-state index is -0.231. The molecule has 4 heteroatoms. The quantitative estimate of drug-likeness (QED) is 0.721. The first-order chi connectivity index (χ1) is 7.65. The fraction of sp³-hybridized carbons (Fsp3) is 0. The summed E-state index contributed by atoms with van der Waals surface area (Å²) in [6.07, 6.45) is 0. The molecule has 0 N–H and O–H groups in total. The first-order valence-corrected chi connectivity index (χ1v) is 5.59. The highest BCUT2D eigenvalue weighted by atomic mass is 35.5. The summed E-state index contributed by atoms with van der Waals surface area (Å²) in [4.78, 5) is 0. The second-order valence-corrected chi connectivity index (χ2v) is 4.38. The van der Waals surface area contributed by atoms with Crippen molar-refractivity contribution in [2.75, 3.05) is 0 Å². The van der Waals surface area contributed by atoms with Crippen molar-refractivity contribution < 1.29 is 4.39 Å². The van der Waals surface area contributed by atoms with Gasteiger partial charge in [0.2, 0.25) is 0 Å². The van der Waals surface area contributed by atoms with Gasteiger partial charge < -0.3 is 0 Å². The predicted molar refractivity (Wildman–Crippen MR) is 69.3 cm³/mol. The molecular weight excluding hydrogens is 245 g/mol. The lowest BCUT2D eigenvalue weighted by Crippen LogP contribution is -2.27. The third-order valence-electron chi connectivity index (χ3n) is 2.32. The summed E-state index contributed by atoms with van der Waals surface area (Å²) in [6, 6.07) is 11.8. The van der Waals surface area contributed by atoms with Crippen LogP contribution in [0.4, 0.5) is 4.39 Å². The summed E-state index contributed by atoms with van der Waals surface area (Å²) >= 11 is 11.9. The Hall–Kier alpha value is -0.985. The number of benzene rings is 2. The van der Waals surface area contributed by atoms with Crippen LogP contribution in [-0.2, 0) is 0 Å². The van der Waals surface area contributed by atoms with Gasteiger partial charge in [0.05, 0.1) is 0 Å². The zero-order valence-corrected chi connectivity index (χ0v) is 9.89. The molecule has 0 fully saturated rings. The molecule has 0 aliphatic carbocycles. The molecule has 0 aliphatic heterocycles. The molecule has 0 amide bonds. The van der Waals surface area contributed by atoms with Crippen molar-refractivity contribution in [3.63, 3.8) is 0 Å². The highest BCUT2D eigenvalue weighted by Crippen LogP contribution is 2.12. The largest absolute Gasteiger partial charge is 0.207 e. The molecule has 0 aromatic heterocycles. The minimum Gasteiger partial charge on any atom is -0.207 e.